The van der Waals surface area contributed by atoms with E-state index in [0.29, 0.717) is 6.04 Å². The number of aryl methyl sites for hydroxylation is 1. The SMILES string of the molecule is CN(C)Cc1cccc(NC2CCCc3occc32)c1. The minimum absolute atomic E-state index is 0.382. The van der Waals surface area contributed by atoms with Gasteiger partial charge in [-0.05, 0) is 50.7 Å². The minimum Gasteiger partial charge on any atom is -0.469 e. The number of hydrogen-bond donors (Lipinski definition) is 1. The van der Waals surface area contributed by atoms with Crippen molar-refractivity contribution in [3.63, 3.8) is 0 Å². The number of rotatable bonds is 4. The Morgan fingerprint density at radius 3 is 3.05 bits per heavy atom. The van der Waals surface area contributed by atoms with Gasteiger partial charge in [-0.1, -0.05) is 12.1 Å². The van der Waals surface area contributed by atoms with Crippen molar-refractivity contribution < 1.29 is 4.42 Å². The molecule has 1 aliphatic carbocycles. The van der Waals surface area contributed by atoms with Crippen LogP contribution in [0.2, 0.25) is 0 Å². The third-order valence-electron chi connectivity index (χ3n) is 3.82. The fraction of sp³-hybridized carbons (Fsp3) is 0.412. The fourth-order valence-corrected chi connectivity index (χ4v) is 2.96. The van der Waals surface area contributed by atoms with Gasteiger partial charge in [0, 0.05) is 24.2 Å². The predicted molar refractivity (Wildman–Crippen MR) is 81.8 cm³/mol. The first-order valence-electron chi connectivity index (χ1n) is 7.29. The van der Waals surface area contributed by atoms with Gasteiger partial charge in [-0.15, -0.1) is 0 Å². The average molecular weight is 270 g/mol. The molecular weight excluding hydrogens is 248 g/mol. The maximum Gasteiger partial charge on any atom is 0.109 e. The van der Waals surface area contributed by atoms with E-state index in [0.717, 1.165) is 18.7 Å². The summed E-state index contributed by atoms with van der Waals surface area (Å²) in [6.45, 7) is 0.969. The highest BCUT2D eigenvalue weighted by Gasteiger charge is 2.22. The highest BCUT2D eigenvalue weighted by Crippen LogP contribution is 2.33. The van der Waals surface area contributed by atoms with Gasteiger partial charge in [0.05, 0.1) is 12.3 Å². The lowest BCUT2D eigenvalue weighted by Crippen LogP contribution is -2.16. The van der Waals surface area contributed by atoms with Crippen LogP contribution < -0.4 is 5.32 Å². The monoisotopic (exact) mass is 270 g/mol. The van der Waals surface area contributed by atoms with Crippen LogP contribution in [0.1, 0.15) is 35.8 Å². The highest BCUT2D eigenvalue weighted by molar-refractivity contribution is 5.48. The molecule has 0 radical (unpaired) electrons. The molecule has 0 saturated heterocycles. The first kappa shape index (κ1) is 13.3. The van der Waals surface area contributed by atoms with Crippen LogP contribution in [-0.2, 0) is 13.0 Å². The summed E-state index contributed by atoms with van der Waals surface area (Å²) in [4.78, 5) is 2.19. The molecule has 1 heterocycles. The zero-order valence-electron chi connectivity index (χ0n) is 12.2. The Morgan fingerprint density at radius 1 is 1.30 bits per heavy atom. The lowest BCUT2D eigenvalue weighted by atomic mass is 9.93. The van der Waals surface area contributed by atoms with Gasteiger partial charge in [0.2, 0.25) is 0 Å². The van der Waals surface area contributed by atoms with Crippen molar-refractivity contribution >= 4 is 5.69 Å². The molecule has 2 aromatic rings. The van der Waals surface area contributed by atoms with E-state index in [1.165, 1.54) is 29.7 Å². The smallest absolute Gasteiger partial charge is 0.109 e. The summed E-state index contributed by atoms with van der Waals surface area (Å²) in [6, 6.07) is 11.2. The van der Waals surface area contributed by atoms with E-state index in [9.17, 15) is 0 Å². The lowest BCUT2D eigenvalue weighted by molar-refractivity contribution is 0.402. The zero-order chi connectivity index (χ0) is 13.9. The van der Waals surface area contributed by atoms with Crippen LogP contribution in [0.5, 0.6) is 0 Å². The number of anilines is 1. The van der Waals surface area contributed by atoms with E-state index < -0.39 is 0 Å². The van der Waals surface area contributed by atoms with Crippen molar-refractivity contribution in [1.82, 2.24) is 4.90 Å². The maximum absolute atomic E-state index is 5.55. The molecule has 20 heavy (non-hydrogen) atoms. The molecule has 106 valence electrons. The second-order valence-corrected chi connectivity index (χ2v) is 5.83. The summed E-state index contributed by atoms with van der Waals surface area (Å²) in [6.07, 6.45) is 5.24. The number of hydrogen-bond acceptors (Lipinski definition) is 3. The Kier molecular flexibility index (Phi) is 3.79. The molecule has 1 aromatic carbocycles. The van der Waals surface area contributed by atoms with Crippen molar-refractivity contribution in [3.8, 4) is 0 Å². The molecule has 0 bridgehead atoms. The van der Waals surface area contributed by atoms with Crippen molar-refractivity contribution in [3.05, 3.63) is 53.5 Å². The van der Waals surface area contributed by atoms with Crippen LogP contribution in [0.3, 0.4) is 0 Å². The van der Waals surface area contributed by atoms with Gasteiger partial charge in [-0.2, -0.15) is 0 Å². The molecule has 0 aliphatic heterocycles. The molecule has 3 nitrogen and oxygen atoms in total. The van der Waals surface area contributed by atoms with Crippen molar-refractivity contribution in [2.75, 3.05) is 19.4 Å². The highest BCUT2D eigenvalue weighted by atomic mass is 16.3. The Bertz CT molecular complexity index is 574. The van der Waals surface area contributed by atoms with Crippen LogP contribution >= 0.6 is 0 Å². The molecule has 1 N–H and O–H groups in total. The van der Waals surface area contributed by atoms with E-state index in [4.69, 9.17) is 4.42 Å². The first-order valence-corrected chi connectivity index (χ1v) is 7.29. The molecule has 1 aromatic heterocycles. The van der Waals surface area contributed by atoms with Crippen LogP contribution in [0, 0.1) is 0 Å². The van der Waals surface area contributed by atoms with E-state index in [1.54, 1.807) is 0 Å². The Morgan fingerprint density at radius 2 is 2.20 bits per heavy atom. The molecule has 0 fully saturated rings. The van der Waals surface area contributed by atoms with E-state index in [2.05, 4.69) is 54.6 Å². The first-order chi connectivity index (χ1) is 9.72. The molecule has 3 heteroatoms. The predicted octanol–water partition coefficient (Wildman–Crippen LogP) is 3.83. The standard InChI is InChI=1S/C17H22N2O/c1-19(2)12-13-5-3-6-14(11-13)18-16-7-4-8-17-15(16)9-10-20-17/h3,5-6,9-11,16,18H,4,7-8,12H2,1-2H3. The Hall–Kier alpha value is -1.74. The molecular formula is C17H22N2O. The Balaban J connectivity index is 1.76. The van der Waals surface area contributed by atoms with Crippen LogP contribution in [0.4, 0.5) is 5.69 Å². The van der Waals surface area contributed by atoms with Crippen LogP contribution in [-0.4, -0.2) is 19.0 Å². The van der Waals surface area contributed by atoms with Crippen molar-refractivity contribution in [2.24, 2.45) is 0 Å². The number of nitrogens with zero attached hydrogens (tertiary/aromatic N) is 1. The quantitative estimate of drug-likeness (QED) is 0.915. The summed E-state index contributed by atoms with van der Waals surface area (Å²) in [5.41, 5.74) is 3.86. The molecule has 1 atom stereocenters. The number of benzene rings is 1. The summed E-state index contributed by atoms with van der Waals surface area (Å²) < 4.78 is 5.55. The molecule has 0 amide bonds. The van der Waals surface area contributed by atoms with E-state index in [1.807, 2.05) is 6.26 Å². The molecule has 1 aliphatic rings. The molecule has 0 saturated carbocycles. The summed E-state index contributed by atoms with van der Waals surface area (Å²) in [7, 11) is 4.19. The van der Waals surface area contributed by atoms with Gasteiger partial charge in [0.25, 0.3) is 0 Å². The zero-order valence-corrected chi connectivity index (χ0v) is 12.2. The average Bonchev–Trinajstić information content (AvgIpc) is 2.88. The van der Waals surface area contributed by atoms with E-state index in [-0.39, 0.29) is 0 Å². The lowest BCUT2D eigenvalue weighted by Gasteiger charge is -2.24. The fourth-order valence-electron chi connectivity index (χ4n) is 2.96. The van der Waals surface area contributed by atoms with Crippen molar-refractivity contribution in [2.45, 2.75) is 31.8 Å². The maximum atomic E-state index is 5.55. The second kappa shape index (κ2) is 5.71. The number of furan rings is 1. The molecule has 0 spiro atoms. The summed E-state index contributed by atoms with van der Waals surface area (Å²) in [5.74, 6) is 1.15. The topological polar surface area (TPSA) is 28.4 Å². The van der Waals surface area contributed by atoms with Crippen LogP contribution in [0.15, 0.2) is 41.0 Å². The minimum atomic E-state index is 0.382. The summed E-state index contributed by atoms with van der Waals surface area (Å²) in [5, 5.41) is 3.66. The Labute approximate surface area is 120 Å². The normalized spacial score (nSPS) is 18.1. The largest absolute Gasteiger partial charge is 0.469 e. The number of nitrogens with one attached hydrogen (secondary N) is 1. The van der Waals surface area contributed by atoms with Gasteiger partial charge in [-0.3, -0.25) is 0 Å². The molecule has 3 rings (SSSR count). The van der Waals surface area contributed by atoms with Crippen molar-refractivity contribution in [1.29, 1.82) is 0 Å². The summed E-state index contributed by atoms with van der Waals surface area (Å²) >= 11 is 0. The second-order valence-electron chi connectivity index (χ2n) is 5.83. The van der Waals surface area contributed by atoms with Gasteiger partial charge in [0.1, 0.15) is 5.76 Å². The van der Waals surface area contributed by atoms with E-state index >= 15 is 0 Å². The van der Waals surface area contributed by atoms with Gasteiger partial charge in [-0.25, -0.2) is 0 Å². The van der Waals surface area contributed by atoms with Gasteiger partial charge < -0.3 is 14.6 Å². The van der Waals surface area contributed by atoms with Crippen LogP contribution in [0.25, 0.3) is 0 Å². The molecule has 1 unspecified atom stereocenters. The third-order valence-corrected chi connectivity index (χ3v) is 3.82. The third kappa shape index (κ3) is 2.88. The van der Waals surface area contributed by atoms with Gasteiger partial charge >= 0.3 is 0 Å². The van der Waals surface area contributed by atoms with Gasteiger partial charge in [0.15, 0.2) is 0 Å². The number of fused-ring (bicyclic) bond motifs is 1.